The van der Waals surface area contributed by atoms with Gasteiger partial charge in [-0.1, -0.05) is 6.07 Å². The largest absolute Gasteiger partial charge is 0.508 e. The van der Waals surface area contributed by atoms with Gasteiger partial charge in [0.2, 0.25) is 9.84 Å². The van der Waals surface area contributed by atoms with Gasteiger partial charge in [-0.2, -0.15) is 0 Å². The van der Waals surface area contributed by atoms with E-state index in [0.717, 1.165) is 0 Å². The highest BCUT2D eigenvalue weighted by molar-refractivity contribution is 7.91. The van der Waals surface area contributed by atoms with E-state index in [4.69, 9.17) is 0 Å². The molecule has 0 unspecified atom stereocenters. The van der Waals surface area contributed by atoms with Crippen LogP contribution in [-0.2, 0) is 9.84 Å². The Kier molecular flexibility index (Phi) is 3.24. The first-order valence-electron chi connectivity index (χ1n) is 5.67. The van der Waals surface area contributed by atoms with Crippen molar-refractivity contribution in [2.75, 3.05) is 0 Å². The van der Waals surface area contributed by atoms with Crippen LogP contribution in [0.1, 0.15) is 11.1 Å². The highest BCUT2D eigenvalue weighted by Gasteiger charge is 2.21. The molecule has 0 aromatic heterocycles. The van der Waals surface area contributed by atoms with Gasteiger partial charge in [0.05, 0.1) is 9.79 Å². The predicted octanol–water partition coefficient (Wildman–Crippen LogP) is 2.55. The minimum Gasteiger partial charge on any atom is -0.508 e. The van der Waals surface area contributed by atoms with Gasteiger partial charge >= 0.3 is 0 Å². The fourth-order valence-corrected chi connectivity index (χ4v) is 3.44. The molecular weight excluding hydrogens is 264 g/mol. The normalized spacial score (nSPS) is 11.5. The molecule has 2 aromatic carbocycles. The van der Waals surface area contributed by atoms with E-state index in [2.05, 4.69) is 0 Å². The molecule has 100 valence electrons. The Hall–Kier alpha value is -2.01. The van der Waals surface area contributed by atoms with Gasteiger partial charge < -0.3 is 10.2 Å². The van der Waals surface area contributed by atoms with E-state index < -0.39 is 9.84 Å². The minimum absolute atomic E-state index is 0.0284. The lowest BCUT2D eigenvalue weighted by Crippen LogP contribution is -2.05. The first-order valence-corrected chi connectivity index (χ1v) is 7.15. The van der Waals surface area contributed by atoms with Crippen molar-refractivity contribution in [2.45, 2.75) is 23.6 Å². The van der Waals surface area contributed by atoms with Crippen LogP contribution in [0.15, 0.2) is 46.2 Å². The topological polar surface area (TPSA) is 74.6 Å². The first-order chi connectivity index (χ1) is 8.84. The summed E-state index contributed by atoms with van der Waals surface area (Å²) >= 11 is 0. The van der Waals surface area contributed by atoms with Crippen molar-refractivity contribution in [3.05, 3.63) is 47.5 Å². The highest BCUT2D eigenvalue weighted by atomic mass is 32.2. The van der Waals surface area contributed by atoms with Crippen molar-refractivity contribution in [3.63, 3.8) is 0 Å². The molecule has 0 aliphatic rings. The van der Waals surface area contributed by atoms with Crippen molar-refractivity contribution in [3.8, 4) is 11.5 Å². The molecule has 2 N–H and O–H groups in total. The van der Waals surface area contributed by atoms with E-state index in [0.29, 0.717) is 11.1 Å². The molecule has 4 nitrogen and oxygen atoms in total. The van der Waals surface area contributed by atoms with E-state index >= 15 is 0 Å². The van der Waals surface area contributed by atoms with Crippen LogP contribution in [0.3, 0.4) is 0 Å². The first kappa shape index (κ1) is 13.4. The van der Waals surface area contributed by atoms with E-state index in [1.54, 1.807) is 13.8 Å². The zero-order valence-electron chi connectivity index (χ0n) is 10.6. The van der Waals surface area contributed by atoms with Gasteiger partial charge in [0, 0.05) is 0 Å². The van der Waals surface area contributed by atoms with E-state index in [1.807, 2.05) is 0 Å². The molecule has 0 bridgehead atoms. The standard InChI is InChI=1S/C14H14O4S/c1-9-10(2)14(7-6-13(9)16)19(17,18)12-5-3-4-11(15)8-12/h3-8,15-16H,1-2H3. The fraction of sp³-hybridized carbons (Fsp3) is 0.143. The van der Waals surface area contributed by atoms with Crippen LogP contribution < -0.4 is 0 Å². The van der Waals surface area contributed by atoms with Crippen LogP contribution in [0.25, 0.3) is 0 Å². The number of aromatic hydroxyl groups is 2. The van der Waals surface area contributed by atoms with Crippen LogP contribution in [0.5, 0.6) is 11.5 Å². The summed E-state index contributed by atoms with van der Waals surface area (Å²) in [5, 5.41) is 19.0. The van der Waals surface area contributed by atoms with E-state index in [-0.39, 0.29) is 21.3 Å². The Bertz CT molecular complexity index is 733. The number of benzene rings is 2. The van der Waals surface area contributed by atoms with Gasteiger partial charge in [-0.05, 0) is 55.3 Å². The summed E-state index contributed by atoms with van der Waals surface area (Å²) in [6, 6.07) is 8.25. The molecule has 0 amide bonds. The summed E-state index contributed by atoms with van der Waals surface area (Å²) in [6.07, 6.45) is 0. The molecule has 0 heterocycles. The average Bonchev–Trinajstić information content (AvgIpc) is 2.36. The van der Waals surface area contributed by atoms with Crippen molar-refractivity contribution in [1.29, 1.82) is 0 Å². The van der Waals surface area contributed by atoms with Gasteiger partial charge in [-0.25, -0.2) is 8.42 Å². The summed E-state index contributed by atoms with van der Waals surface area (Å²) in [5.41, 5.74) is 1.03. The molecule has 2 aromatic rings. The fourth-order valence-electron chi connectivity index (χ4n) is 1.85. The van der Waals surface area contributed by atoms with Gasteiger partial charge in [0.15, 0.2) is 0 Å². The van der Waals surface area contributed by atoms with Gasteiger partial charge in [0.1, 0.15) is 11.5 Å². The summed E-state index contributed by atoms with van der Waals surface area (Å²) in [4.78, 5) is 0.161. The molecule has 0 aliphatic heterocycles. The SMILES string of the molecule is Cc1c(O)ccc(S(=O)(=O)c2cccc(O)c2)c1C. The number of hydrogen-bond donors (Lipinski definition) is 2. The second-order valence-electron chi connectivity index (χ2n) is 4.33. The Morgan fingerprint density at radius 3 is 2.26 bits per heavy atom. The number of rotatable bonds is 2. The van der Waals surface area contributed by atoms with Crippen LogP contribution in [-0.4, -0.2) is 18.6 Å². The quantitative estimate of drug-likeness (QED) is 0.885. The minimum atomic E-state index is -3.70. The molecule has 0 atom stereocenters. The zero-order valence-corrected chi connectivity index (χ0v) is 11.4. The summed E-state index contributed by atoms with van der Waals surface area (Å²) in [5.74, 6) is -0.0402. The third-order valence-corrected chi connectivity index (χ3v) is 5.02. The second-order valence-corrected chi connectivity index (χ2v) is 6.25. The number of phenols is 2. The van der Waals surface area contributed by atoms with Crippen LogP contribution in [0, 0.1) is 13.8 Å². The molecule has 0 saturated carbocycles. The molecule has 0 aliphatic carbocycles. The maximum absolute atomic E-state index is 12.5. The van der Waals surface area contributed by atoms with E-state index in [9.17, 15) is 18.6 Å². The van der Waals surface area contributed by atoms with Crippen molar-refractivity contribution < 1.29 is 18.6 Å². The predicted molar refractivity (Wildman–Crippen MR) is 71.1 cm³/mol. The van der Waals surface area contributed by atoms with Gasteiger partial charge in [0.25, 0.3) is 0 Å². The molecule has 0 saturated heterocycles. The highest BCUT2D eigenvalue weighted by Crippen LogP contribution is 2.30. The zero-order chi connectivity index (χ0) is 14.2. The van der Waals surface area contributed by atoms with Gasteiger partial charge in [-0.15, -0.1) is 0 Å². The van der Waals surface area contributed by atoms with Crippen LogP contribution in [0.4, 0.5) is 0 Å². The molecule has 2 rings (SSSR count). The number of hydrogen-bond acceptors (Lipinski definition) is 4. The lowest BCUT2D eigenvalue weighted by Gasteiger charge is -2.11. The molecular formula is C14H14O4S. The van der Waals surface area contributed by atoms with Crippen LogP contribution in [0.2, 0.25) is 0 Å². The molecule has 0 fully saturated rings. The molecule has 19 heavy (non-hydrogen) atoms. The molecule has 5 heteroatoms. The number of phenolic OH excluding ortho intramolecular Hbond substituents is 2. The Labute approximate surface area is 111 Å². The smallest absolute Gasteiger partial charge is 0.207 e. The van der Waals surface area contributed by atoms with E-state index in [1.165, 1.54) is 36.4 Å². The van der Waals surface area contributed by atoms with Crippen molar-refractivity contribution in [1.82, 2.24) is 0 Å². The monoisotopic (exact) mass is 278 g/mol. The average molecular weight is 278 g/mol. The third-order valence-electron chi connectivity index (χ3n) is 3.13. The summed E-state index contributed by atoms with van der Waals surface area (Å²) in [6.45, 7) is 3.30. The van der Waals surface area contributed by atoms with Crippen molar-refractivity contribution >= 4 is 9.84 Å². The summed E-state index contributed by atoms with van der Waals surface area (Å²) in [7, 11) is -3.70. The molecule has 0 spiro atoms. The lowest BCUT2D eigenvalue weighted by atomic mass is 10.1. The van der Waals surface area contributed by atoms with Gasteiger partial charge in [-0.3, -0.25) is 0 Å². The third kappa shape index (κ3) is 2.29. The number of sulfone groups is 1. The second kappa shape index (κ2) is 4.59. The Morgan fingerprint density at radius 1 is 0.947 bits per heavy atom. The lowest BCUT2D eigenvalue weighted by molar-refractivity contribution is 0.469. The van der Waals surface area contributed by atoms with Crippen molar-refractivity contribution in [2.24, 2.45) is 0 Å². The molecule has 0 radical (unpaired) electrons. The maximum Gasteiger partial charge on any atom is 0.207 e. The Balaban J connectivity index is 2.67. The maximum atomic E-state index is 12.5. The Morgan fingerprint density at radius 2 is 1.63 bits per heavy atom. The summed E-state index contributed by atoms with van der Waals surface area (Å²) < 4.78 is 25.0. The van der Waals surface area contributed by atoms with Crippen LogP contribution >= 0.6 is 0 Å².